The standard InChI is InChI=1S/C17H25NO3S/c1-13(19)22-15(14-9-7-6-8-10-14)11-12-18(5)16(20)21-17(2,3)4/h6-10,15H,11-12H2,1-5H3. The van der Waals surface area contributed by atoms with E-state index in [0.717, 1.165) is 5.56 Å². The van der Waals surface area contributed by atoms with Crippen LogP contribution in [-0.4, -0.2) is 35.3 Å². The van der Waals surface area contributed by atoms with E-state index < -0.39 is 5.60 Å². The molecule has 1 atom stereocenters. The van der Waals surface area contributed by atoms with Crippen LogP contribution in [0.5, 0.6) is 0 Å². The topological polar surface area (TPSA) is 46.6 Å². The largest absolute Gasteiger partial charge is 0.444 e. The fraction of sp³-hybridized carbons (Fsp3) is 0.529. The molecule has 122 valence electrons. The van der Waals surface area contributed by atoms with Crippen molar-refractivity contribution < 1.29 is 14.3 Å². The van der Waals surface area contributed by atoms with Gasteiger partial charge in [-0.15, -0.1) is 0 Å². The summed E-state index contributed by atoms with van der Waals surface area (Å²) < 4.78 is 5.33. The maximum atomic E-state index is 12.0. The van der Waals surface area contributed by atoms with Crippen LogP contribution >= 0.6 is 11.8 Å². The molecule has 0 radical (unpaired) electrons. The average Bonchev–Trinajstić information content (AvgIpc) is 2.41. The highest BCUT2D eigenvalue weighted by atomic mass is 32.2. The summed E-state index contributed by atoms with van der Waals surface area (Å²) in [7, 11) is 1.72. The maximum absolute atomic E-state index is 12.0. The number of hydrogen-bond acceptors (Lipinski definition) is 4. The van der Waals surface area contributed by atoms with Gasteiger partial charge < -0.3 is 9.64 Å². The predicted molar refractivity (Wildman–Crippen MR) is 90.9 cm³/mol. The number of ether oxygens (including phenoxy) is 1. The fourth-order valence-electron chi connectivity index (χ4n) is 1.90. The van der Waals surface area contributed by atoms with Gasteiger partial charge in [-0.2, -0.15) is 0 Å². The lowest BCUT2D eigenvalue weighted by Gasteiger charge is -2.25. The van der Waals surface area contributed by atoms with Crippen molar-refractivity contribution in [1.29, 1.82) is 0 Å². The van der Waals surface area contributed by atoms with Crippen LogP contribution in [0.3, 0.4) is 0 Å². The molecule has 0 heterocycles. The lowest BCUT2D eigenvalue weighted by molar-refractivity contribution is -0.109. The highest BCUT2D eigenvalue weighted by Crippen LogP contribution is 2.32. The average molecular weight is 323 g/mol. The zero-order valence-corrected chi connectivity index (χ0v) is 14.8. The van der Waals surface area contributed by atoms with E-state index in [4.69, 9.17) is 4.74 Å². The second kappa shape index (κ2) is 8.22. The summed E-state index contributed by atoms with van der Waals surface area (Å²) in [5, 5.41) is 0.123. The Labute approximate surface area is 137 Å². The Morgan fingerprint density at radius 2 is 1.82 bits per heavy atom. The quantitative estimate of drug-likeness (QED) is 0.812. The van der Waals surface area contributed by atoms with Crippen LogP contribution in [0.1, 0.15) is 44.9 Å². The van der Waals surface area contributed by atoms with Crippen LogP contribution < -0.4 is 0 Å². The number of benzene rings is 1. The Morgan fingerprint density at radius 1 is 1.23 bits per heavy atom. The molecule has 0 aromatic heterocycles. The summed E-state index contributed by atoms with van der Waals surface area (Å²) in [5.74, 6) is 0. The molecular weight excluding hydrogens is 298 g/mol. The minimum atomic E-state index is -0.502. The predicted octanol–water partition coefficient (Wildman–Crippen LogP) is 4.26. The molecule has 22 heavy (non-hydrogen) atoms. The van der Waals surface area contributed by atoms with Gasteiger partial charge in [0.05, 0.1) is 0 Å². The van der Waals surface area contributed by atoms with E-state index in [9.17, 15) is 9.59 Å². The number of rotatable bonds is 5. The van der Waals surface area contributed by atoms with Crippen LogP contribution in [0, 0.1) is 0 Å². The summed E-state index contributed by atoms with van der Waals surface area (Å²) in [6.45, 7) is 7.64. The van der Waals surface area contributed by atoms with E-state index in [1.807, 2.05) is 51.1 Å². The Kier molecular flexibility index (Phi) is 6.94. The molecule has 0 saturated carbocycles. The van der Waals surface area contributed by atoms with Crippen molar-refractivity contribution in [2.45, 2.75) is 45.0 Å². The number of thioether (sulfide) groups is 1. The molecule has 0 saturated heterocycles. The smallest absolute Gasteiger partial charge is 0.410 e. The van der Waals surface area contributed by atoms with Crippen LogP contribution in [0.25, 0.3) is 0 Å². The second-order valence-corrected chi connectivity index (χ2v) is 7.58. The third-order valence-corrected chi connectivity index (χ3v) is 4.04. The zero-order valence-electron chi connectivity index (χ0n) is 14.0. The minimum absolute atomic E-state index is 0.0450. The molecule has 0 aliphatic heterocycles. The lowest BCUT2D eigenvalue weighted by atomic mass is 10.1. The number of carbonyl (C=O) groups excluding carboxylic acids is 2. The summed E-state index contributed by atoms with van der Waals surface area (Å²) in [6.07, 6.45) is 0.358. The Morgan fingerprint density at radius 3 is 2.32 bits per heavy atom. The van der Waals surface area contributed by atoms with Crippen LogP contribution in [-0.2, 0) is 9.53 Å². The first-order valence-electron chi connectivity index (χ1n) is 7.35. The third-order valence-electron chi connectivity index (χ3n) is 2.91. The number of hydrogen-bond donors (Lipinski definition) is 0. The normalized spacial score (nSPS) is 12.6. The van der Waals surface area contributed by atoms with E-state index in [1.54, 1.807) is 18.9 Å². The van der Waals surface area contributed by atoms with Crippen LogP contribution in [0.4, 0.5) is 4.79 Å². The molecule has 1 rings (SSSR count). The van der Waals surface area contributed by atoms with Crippen molar-refractivity contribution in [2.75, 3.05) is 13.6 Å². The first kappa shape index (κ1) is 18.6. The van der Waals surface area contributed by atoms with E-state index in [0.29, 0.717) is 13.0 Å². The third kappa shape index (κ3) is 6.98. The van der Waals surface area contributed by atoms with Gasteiger partial charge in [-0.1, -0.05) is 42.1 Å². The van der Waals surface area contributed by atoms with Crippen LogP contribution in [0.15, 0.2) is 30.3 Å². The molecule has 1 aromatic rings. The highest BCUT2D eigenvalue weighted by molar-refractivity contribution is 8.13. The van der Waals surface area contributed by atoms with E-state index in [1.165, 1.54) is 11.8 Å². The van der Waals surface area contributed by atoms with Gasteiger partial charge in [-0.05, 0) is 32.8 Å². The lowest BCUT2D eigenvalue weighted by Crippen LogP contribution is -2.35. The van der Waals surface area contributed by atoms with Crippen LogP contribution in [0.2, 0.25) is 0 Å². The van der Waals surface area contributed by atoms with Gasteiger partial charge in [0, 0.05) is 25.8 Å². The Hall–Kier alpha value is -1.49. The Balaban J connectivity index is 2.64. The van der Waals surface area contributed by atoms with E-state index in [2.05, 4.69) is 0 Å². The maximum Gasteiger partial charge on any atom is 0.410 e. The van der Waals surface area contributed by atoms with Gasteiger partial charge in [0.15, 0.2) is 5.12 Å². The van der Waals surface area contributed by atoms with Crippen molar-refractivity contribution in [3.05, 3.63) is 35.9 Å². The van der Waals surface area contributed by atoms with Gasteiger partial charge in [0.1, 0.15) is 5.60 Å². The molecule has 0 fully saturated rings. The monoisotopic (exact) mass is 323 g/mol. The molecule has 0 N–H and O–H groups in total. The van der Waals surface area contributed by atoms with Gasteiger partial charge in [-0.3, -0.25) is 4.79 Å². The molecule has 0 aliphatic carbocycles. The fourth-order valence-corrected chi connectivity index (χ4v) is 2.82. The number of nitrogens with zero attached hydrogens (tertiary/aromatic N) is 1. The first-order chi connectivity index (χ1) is 10.2. The number of amides is 1. The molecule has 1 unspecified atom stereocenters. The molecule has 1 amide bonds. The van der Waals surface area contributed by atoms with Crippen molar-refractivity contribution in [1.82, 2.24) is 4.90 Å². The van der Waals surface area contributed by atoms with Gasteiger partial charge in [0.2, 0.25) is 0 Å². The van der Waals surface area contributed by atoms with Crippen molar-refractivity contribution >= 4 is 23.0 Å². The van der Waals surface area contributed by atoms with Gasteiger partial charge in [-0.25, -0.2) is 4.79 Å². The van der Waals surface area contributed by atoms with E-state index >= 15 is 0 Å². The van der Waals surface area contributed by atoms with Gasteiger partial charge >= 0.3 is 6.09 Å². The van der Waals surface area contributed by atoms with Gasteiger partial charge in [0.25, 0.3) is 0 Å². The molecule has 4 nitrogen and oxygen atoms in total. The summed E-state index contributed by atoms with van der Waals surface area (Å²) in [5.41, 5.74) is 0.596. The van der Waals surface area contributed by atoms with Crippen molar-refractivity contribution in [2.24, 2.45) is 0 Å². The second-order valence-electron chi connectivity index (χ2n) is 6.20. The van der Waals surface area contributed by atoms with Crippen molar-refractivity contribution in [3.8, 4) is 0 Å². The summed E-state index contributed by atoms with van der Waals surface area (Å²) in [4.78, 5) is 25.0. The molecular formula is C17H25NO3S. The minimum Gasteiger partial charge on any atom is -0.444 e. The summed E-state index contributed by atoms with van der Waals surface area (Å²) in [6, 6.07) is 9.88. The number of carbonyl (C=O) groups is 2. The molecule has 1 aromatic carbocycles. The highest BCUT2D eigenvalue weighted by Gasteiger charge is 2.21. The summed E-state index contributed by atoms with van der Waals surface area (Å²) >= 11 is 1.30. The zero-order chi connectivity index (χ0) is 16.8. The molecule has 5 heteroatoms. The first-order valence-corrected chi connectivity index (χ1v) is 8.23. The SMILES string of the molecule is CC(=O)SC(CCN(C)C(=O)OC(C)(C)C)c1ccccc1. The Bertz CT molecular complexity index is 496. The van der Waals surface area contributed by atoms with E-state index in [-0.39, 0.29) is 16.5 Å². The molecule has 0 aliphatic rings. The molecule has 0 spiro atoms. The van der Waals surface area contributed by atoms with Crippen molar-refractivity contribution in [3.63, 3.8) is 0 Å². The molecule has 0 bridgehead atoms.